The van der Waals surface area contributed by atoms with E-state index in [1.54, 1.807) is 29.2 Å². The average molecular weight is 366 g/mol. The second-order valence-corrected chi connectivity index (χ2v) is 7.56. The molecule has 2 bridgehead atoms. The molecule has 7 heteroatoms. The summed E-state index contributed by atoms with van der Waals surface area (Å²) in [5.41, 5.74) is 0.655. The van der Waals surface area contributed by atoms with Crippen molar-refractivity contribution >= 4 is 29.2 Å². The Kier molecular flexibility index (Phi) is 5.49. The lowest BCUT2D eigenvalue weighted by atomic mass is 9.99. The maximum atomic E-state index is 12.5. The van der Waals surface area contributed by atoms with Crippen LogP contribution in [0.4, 0.5) is 10.5 Å². The normalized spacial score (nSPS) is 25.1. The van der Waals surface area contributed by atoms with Gasteiger partial charge in [-0.05, 0) is 30.5 Å². The van der Waals surface area contributed by atoms with Gasteiger partial charge in [-0.1, -0.05) is 31.5 Å². The van der Waals surface area contributed by atoms with Gasteiger partial charge in [0.25, 0.3) is 0 Å². The molecule has 0 aromatic heterocycles. The van der Waals surface area contributed by atoms with E-state index in [-0.39, 0.29) is 30.1 Å². The van der Waals surface area contributed by atoms with Crippen molar-refractivity contribution in [3.05, 3.63) is 29.3 Å². The zero-order valence-corrected chi connectivity index (χ0v) is 15.3. The van der Waals surface area contributed by atoms with Crippen LogP contribution in [-0.4, -0.2) is 48.7 Å². The Balaban J connectivity index is 1.58. The maximum absolute atomic E-state index is 12.5. The molecule has 25 heavy (non-hydrogen) atoms. The molecule has 0 radical (unpaired) electrons. The standard InChI is InChI=1S/C18H24ClN3O3/c1-11(2)8-20-17(23)15-7-14-9-22(10-16(15)25-14)18(24)21-13-5-3-4-12(19)6-13/h3-6,11,14-16H,7-10H2,1-2H3,(H,20,23)(H,21,24)/t14-,15+,16-/m0/s1. The topological polar surface area (TPSA) is 70.7 Å². The van der Waals surface area contributed by atoms with Crippen LogP contribution in [0.1, 0.15) is 20.3 Å². The highest BCUT2D eigenvalue weighted by atomic mass is 35.5. The fourth-order valence-electron chi connectivity index (χ4n) is 3.30. The molecule has 3 amide bonds. The highest BCUT2D eigenvalue weighted by Crippen LogP contribution is 2.32. The van der Waals surface area contributed by atoms with Crippen molar-refractivity contribution in [1.29, 1.82) is 0 Å². The number of nitrogens with zero attached hydrogens (tertiary/aromatic N) is 1. The van der Waals surface area contributed by atoms with Crippen molar-refractivity contribution in [2.24, 2.45) is 11.8 Å². The van der Waals surface area contributed by atoms with Crippen LogP contribution in [0.3, 0.4) is 0 Å². The zero-order chi connectivity index (χ0) is 18.0. The maximum Gasteiger partial charge on any atom is 0.322 e. The van der Waals surface area contributed by atoms with Crippen LogP contribution < -0.4 is 10.6 Å². The van der Waals surface area contributed by atoms with Crippen LogP contribution >= 0.6 is 11.6 Å². The van der Waals surface area contributed by atoms with Gasteiger partial charge in [0.2, 0.25) is 5.91 Å². The van der Waals surface area contributed by atoms with Gasteiger partial charge in [-0.25, -0.2) is 4.79 Å². The first-order valence-corrected chi connectivity index (χ1v) is 9.05. The van der Waals surface area contributed by atoms with Gasteiger partial charge in [0, 0.05) is 30.3 Å². The number of amides is 3. The zero-order valence-electron chi connectivity index (χ0n) is 14.5. The quantitative estimate of drug-likeness (QED) is 0.861. The first kappa shape index (κ1) is 18.0. The smallest absolute Gasteiger partial charge is 0.322 e. The Morgan fingerprint density at radius 1 is 1.36 bits per heavy atom. The van der Waals surface area contributed by atoms with Gasteiger partial charge in [0.1, 0.15) is 0 Å². The largest absolute Gasteiger partial charge is 0.370 e. The van der Waals surface area contributed by atoms with Gasteiger partial charge in [-0.15, -0.1) is 0 Å². The van der Waals surface area contributed by atoms with E-state index >= 15 is 0 Å². The second kappa shape index (κ2) is 7.62. The van der Waals surface area contributed by atoms with Crippen LogP contribution in [0.5, 0.6) is 0 Å². The Bertz CT molecular complexity index is 652. The summed E-state index contributed by atoms with van der Waals surface area (Å²) in [4.78, 5) is 26.6. The van der Waals surface area contributed by atoms with Crippen LogP contribution in [0.25, 0.3) is 0 Å². The predicted octanol–water partition coefficient (Wildman–Crippen LogP) is 2.73. The summed E-state index contributed by atoms with van der Waals surface area (Å²) in [5.74, 6) is 0.247. The highest BCUT2D eigenvalue weighted by Gasteiger charge is 2.45. The van der Waals surface area contributed by atoms with Crippen LogP contribution in [-0.2, 0) is 9.53 Å². The van der Waals surface area contributed by atoms with Crippen LogP contribution in [0.2, 0.25) is 5.02 Å². The summed E-state index contributed by atoms with van der Waals surface area (Å²) >= 11 is 5.95. The second-order valence-electron chi connectivity index (χ2n) is 7.12. The number of urea groups is 1. The number of benzene rings is 1. The molecule has 6 nitrogen and oxygen atoms in total. The molecule has 2 aliphatic rings. The van der Waals surface area contributed by atoms with Crippen LogP contribution in [0.15, 0.2) is 24.3 Å². The Labute approximate surface area is 152 Å². The average Bonchev–Trinajstić information content (AvgIpc) is 2.86. The van der Waals surface area contributed by atoms with Crippen molar-refractivity contribution in [3.63, 3.8) is 0 Å². The van der Waals surface area contributed by atoms with Gasteiger partial charge < -0.3 is 20.3 Å². The molecule has 3 rings (SSSR count). The number of hydrogen-bond donors (Lipinski definition) is 2. The molecule has 3 atom stereocenters. The van der Waals surface area contributed by atoms with Gasteiger partial charge in [0.15, 0.2) is 0 Å². The number of halogens is 1. The molecular weight excluding hydrogens is 342 g/mol. The number of carbonyl (C=O) groups is 2. The van der Waals surface area contributed by atoms with Crippen molar-refractivity contribution in [2.75, 3.05) is 25.0 Å². The molecule has 0 saturated carbocycles. The van der Waals surface area contributed by atoms with Crippen LogP contribution in [0, 0.1) is 11.8 Å². The molecular formula is C18H24ClN3O3. The molecule has 1 aromatic rings. The Morgan fingerprint density at radius 2 is 2.16 bits per heavy atom. The summed E-state index contributed by atoms with van der Waals surface area (Å²) in [6.45, 7) is 5.70. The lowest BCUT2D eigenvalue weighted by Gasteiger charge is -2.32. The van der Waals surface area contributed by atoms with E-state index in [0.29, 0.717) is 42.7 Å². The van der Waals surface area contributed by atoms with E-state index in [9.17, 15) is 9.59 Å². The number of fused-ring (bicyclic) bond motifs is 2. The molecule has 2 heterocycles. The number of likely N-dealkylation sites (tertiary alicyclic amines) is 1. The summed E-state index contributed by atoms with van der Waals surface area (Å²) in [7, 11) is 0. The van der Waals surface area contributed by atoms with Crippen molar-refractivity contribution in [3.8, 4) is 0 Å². The summed E-state index contributed by atoms with van der Waals surface area (Å²) in [6.07, 6.45) is 0.338. The minimum Gasteiger partial charge on any atom is -0.370 e. The third-order valence-corrected chi connectivity index (χ3v) is 4.78. The molecule has 1 aromatic carbocycles. The summed E-state index contributed by atoms with van der Waals surface area (Å²) in [6, 6.07) is 6.85. The molecule has 0 aliphatic carbocycles. The van der Waals surface area contributed by atoms with Crippen molar-refractivity contribution < 1.29 is 14.3 Å². The first-order chi connectivity index (χ1) is 11.9. The minimum atomic E-state index is -0.240. The number of rotatable bonds is 4. The molecule has 2 fully saturated rings. The predicted molar refractivity (Wildman–Crippen MR) is 96.7 cm³/mol. The van der Waals surface area contributed by atoms with Crippen molar-refractivity contribution in [1.82, 2.24) is 10.2 Å². The molecule has 2 saturated heterocycles. The molecule has 136 valence electrons. The van der Waals surface area contributed by atoms with E-state index in [4.69, 9.17) is 16.3 Å². The molecule has 2 N–H and O–H groups in total. The van der Waals surface area contributed by atoms with E-state index in [2.05, 4.69) is 24.5 Å². The van der Waals surface area contributed by atoms with Gasteiger partial charge in [-0.2, -0.15) is 0 Å². The van der Waals surface area contributed by atoms with Gasteiger partial charge in [-0.3, -0.25) is 4.79 Å². The number of anilines is 1. The first-order valence-electron chi connectivity index (χ1n) is 8.67. The number of nitrogens with one attached hydrogen (secondary N) is 2. The fourth-order valence-corrected chi connectivity index (χ4v) is 3.49. The third kappa shape index (κ3) is 4.44. The fraction of sp³-hybridized carbons (Fsp3) is 0.556. The number of hydrogen-bond acceptors (Lipinski definition) is 3. The summed E-state index contributed by atoms with van der Waals surface area (Å²) in [5, 5.41) is 6.40. The monoisotopic (exact) mass is 365 g/mol. The number of carbonyl (C=O) groups excluding carboxylic acids is 2. The third-order valence-electron chi connectivity index (χ3n) is 4.54. The Hall–Kier alpha value is -1.79. The summed E-state index contributed by atoms with van der Waals surface area (Å²) < 4.78 is 5.88. The van der Waals surface area contributed by atoms with E-state index in [1.807, 2.05) is 0 Å². The van der Waals surface area contributed by atoms with E-state index < -0.39 is 0 Å². The van der Waals surface area contributed by atoms with Gasteiger partial charge >= 0.3 is 6.03 Å². The number of ether oxygens (including phenoxy) is 1. The molecule has 2 aliphatic heterocycles. The highest BCUT2D eigenvalue weighted by molar-refractivity contribution is 6.30. The van der Waals surface area contributed by atoms with E-state index in [1.165, 1.54) is 0 Å². The lowest BCUT2D eigenvalue weighted by molar-refractivity contribution is -0.127. The number of morpholine rings is 1. The Morgan fingerprint density at radius 3 is 2.88 bits per heavy atom. The minimum absolute atomic E-state index is 0.0262. The molecule has 0 spiro atoms. The molecule has 0 unspecified atom stereocenters. The van der Waals surface area contributed by atoms with E-state index in [0.717, 1.165) is 0 Å². The van der Waals surface area contributed by atoms with Crippen molar-refractivity contribution in [2.45, 2.75) is 32.5 Å². The SMILES string of the molecule is CC(C)CNC(=O)[C@@H]1C[C@H]2CN(C(=O)Nc3cccc(Cl)c3)C[C@@H]1O2. The van der Waals surface area contributed by atoms with Gasteiger partial charge in [0.05, 0.1) is 18.1 Å². The lowest BCUT2D eigenvalue weighted by Crippen LogP contribution is -2.49.